The average Bonchev–Trinajstić information content (AvgIpc) is 3.32. The Bertz CT molecular complexity index is 973. The molecule has 8 nitrogen and oxygen atoms in total. The number of rotatable bonds is 7. The third-order valence-electron chi connectivity index (χ3n) is 5.57. The van der Waals surface area contributed by atoms with Gasteiger partial charge in [-0.15, -0.1) is 0 Å². The summed E-state index contributed by atoms with van der Waals surface area (Å²) in [7, 11) is 0. The van der Waals surface area contributed by atoms with Gasteiger partial charge < -0.3 is 14.7 Å². The fraction of sp³-hybridized carbons (Fsp3) is 0.500. The summed E-state index contributed by atoms with van der Waals surface area (Å²) in [5, 5.41) is 9.92. The summed E-state index contributed by atoms with van der Waals surface area (Å²) in [6, 6.07) is 7.31. The van der Waals surface area contributed by atoms with Gasteiger partial charge in [0, 0.05) is 24.7 Å². The van der Waals surface area contributed by atoms with Crippen molar-refractivity contribution >= 4 is 29.2 Å². The van der Waals surface area contributed by atoms with Crippen molar-refractivity contribution in [2.75, 3.05) is 24.6 Å². The average molecular weight is 447 g/mol. The van der Waals surface area contributed by atoms with E-state index in [-0.39, 0.29) is 25.2 Å². The van der Waals surface area contributed by atoms with E-state index in [2.05, 4.69) is 0 Å². The Labute approximate surface area is 186 Å². The minimum absolute atomic E-state index is 0.0932. The first-order valence-corrected chi connectivity index (χ1v) is 11.0. The van der Waals surface area contributed by atoms with Crippen molar-refractivity contribution in [3.8, 4) is 6.01 Å². The van der Waals surface area contributed by atoms with E-state index in [1.54, 1.807) is 16.7 Å². The van der Waals surface area contributed by atoms with E-state index < -0.39 is 11.9 Å². The summed E-state index contributed by atoms with van der Waals surface area (Å²) in [5.74, 6) is -0.127. The zero-order valence-corrected chi connectivity index (χ0v) is 18.5. The van der Waals surface area contributed by atoms with Crippen LogP contribution in [0.3, 0.4) is 0 Å². The van der Waals surface area contributed by atoms with Gasteiger partial charge in [-0.3, -0.25) is 19.1 Å². The zero-order valence-electron chi connectivity index (χ0n) is 17.8. The normalized spacial score (nSPS) is 18.4. The molecule has 166 valence electrons. The van der Waals surface area contributed by atoms with Crippen molar-refractivity contribution < 1.29 is 19.4 Å². The van der Waals surface area contributed by atoms with Crippen LogP contribution in [0.4, 0.5) is 5.82 Å². The molecule has 0 saturated carbocycles. The maximum atomic E-state index is 13.6. The van der Waals surface area contributed by atoms with Gasteiger partial charge in [-0.25, -0.2) is 0 Å². The predicted octanol–water partition coefficient (Wildman–Crippen LogP) is 2.71. The molecular weight excluding hydrogens is 420 g/mol. The molecule has 4 rings (SSSR count). The van der Waals surface area contributed by atoms with Crippen LogP contribution in [0.25, 0.3) is 0 Å². The van der Waals surface area contributed by atoms with E-state index in [1.807, 2.05) is 30.9 Å². The molecular formula is C22H27ClN4O4. The van der Waals surface area contributed by atoms with E-state index in [0.717, 1.165) is 12.0 Å². The van der Waals surface area contributed by atoms with Crippen molar-refractivity contribution in [1.29, 1.82) is 0 Å². The minimum Gasteiger partial charge on any atom is -0.462 e. The number of anilines is 1. The van der Waals surface area contributed by atoms with Crippen molar-refractivity contribution in [2.45, 2.75) is 51.8 Å². The van der Waals surface area contributed by atoms with Gasteiger partial charge in [-0.2, -0.15) is 4.98 Å². The molecule has 2 aromatic rings. The number of fused-ring (bicyclic) bond motifs is 3. The Morgan fingerprint density at radius 2 is 2.00 bits per heavy atom. The first kappa shape index (κ1) is 21.6. The summed E-state index contributed by atoms with van der Waals surface area (Å²) < 4.78 is 7.73. The van der Waals surface area contributed by atoms with Gasteiger partial charge in [0.1, 0.15) is 6.04 Å². The van der Waals surface area contributed by atoms with Crippen LogP contribution in [-0.2, 0) is 11.3 Å². The van der Waals surface area contributed by atoms with Gasteiger partial charge in [-0.05, 0) is 50.8 Å². The molecule has 2 amide bonds. The van der Waals surface area contributed by atoms with Crippen LogP contribution in [-0.4, -0.2) is 63.2 Å². The molecule has 0 unspecified atom stereocenters. The van der Waals surface area contributed by atoms with Gasteiger partial charge >= 0.3 is 0 Å². The topological polar surface area (TPSA) is 87.9 Å². The van der Waals surface area contributed by atoms with Gasteiger partial charge in [0.25, 0.3) is 17.8 Å². The molecule has 2 aliphatic heterocycles. The number of aliphatic hydroxyl groups is 1. The molecule has 1 atom stereocenters. The predicted molar refractivity (Wildman–Crippen MR) is 117 cm³/mol. The van der Waals surface area contributed by atoms with Crippen molar-refractivity contribution in [1.82, 2.24) is 14.5 Å². The standard InChI is InChI=1S/C22H27ClN4O4/c1-14(2)31-22-24-19-18(27(22)13-15-6-8-16(23)9-7-15)21(30)26(11-4-12-28)20(29)17-5-3-10-25(17)19/h6-9,14,17,28H,3-5,10-13H2,1-2H3/t17-/m0/s1. The van der Waals surface area contributed by atoms with E-state index in [0.29, 0.717) is 48.5 Å². The SMILES string of the molecule is CC(C)Oc1nc2c(n1Cc1ccc(Cl)cc1)C(=O)N(CCCO)C(=O)[C@@H]1CCCN21. The lowest BCUT2D eigenvalue weighted by molar-refractivity contribution is -0.129. The monoisotopic (exact) mass is 446 g/mol. The highest BCUT2D eigenvalue weighted by Gasteiger charge is 2.45. The molecule has 0 radical (unpaired) electrons. The molecule has 1 saturated heterocycles. The number of amides is 2. The lowest BCUT2D eigenvalue weighted by Crippen LogP contribution is -2.46. The summed E-state index contributed by atoms with van der Waals surface area (Å²) in [4.78, 5) is 34.7. The smallest absolute Gasteiger partial charge is 0.299 e. The molecule has 1 N–H and O–H groups in total. The largest absolute Gasteiger partial charge is 0.462 e. The highest BCUT2D eigenvalue weighted by molar-refractivity contribution is 6.30. The molecule has 1 fully saturated rings. The van der Waals surface area contributed by atoms with Gasteiger partial charge in [0.2, 0.25) is 0 Å². The number of nitrogens with zero attached hydrogens (tertiary/aromatic N) is 4. The van der Waals surface area contributed by atoms with Crippen LogP contribution in [0, 0.1) is 0 Å². The molecule has 1 aromatic heterocycles. The number of benzene rings is 1. The maximum Gasteiger partial charge on any atom is 0.299 e. The van der Waals surface area contributed by atoms with Crippen LogP contribution in [0.1, 0.15) is 49.2 Å². The number of carbonyl (C=O) groups excluding carboxylic acids is 2. The molecule has 0 bridgehead atoms. The van der Waals surface area contributed by atoms with Crippen molar-refractivity contribution in [2.24, 2.45) is 0 Å². The summed E-state index contributed by atoms with van der Waals surface area (Å²) in [6.45, 7) is 4.90. The number of imide groups is 1. The number of ether oxygens (including phenoxy) is 1. The molecule has 1 aromatic carbocycles. The molecule has 3 heterocycles. The van der Waals surface area contributed by atoms with Crippen LogP contribution >= 0.6 is 11.6 Å². The highest BCUT2D eigenvalue weighted by atomic mass is 35.5. The van der Waals surface area contributed by atoms with Crippen LogP contribution in [0.2, 0.25) is 5.02 Å². The van der Waals surface area contributed by atoms with E-state index in [9.17, 15) is 14.7 Å². The molecule has 0 spiro atoms. The number of hydrogen-bond donors (Lipinski definition) is 1. The number of halogens is 1. The Morgan fingerprint density at radius 1 is 1.26 bits per heavy atom. The van der Waals surface area contributed by atoms with Gasteiger partial charge in [0.05, 0.1) is 12.6 Å². The van der Waals surface area contributed by atoms with Crippen molar-refractivity contribution in [3.05, 3.63) is 40.5 Å². The third-order valence-corrected chi connectivity index (χ3v) is 5.82. The quantitative estimate of drug-likeness (QED) is 0.658. The van der Waals surface area contributed by atoms with E-state index in [1.165, 1.54) is 4.90 Å². The minimum atomic E-state index is -0.422. The molecule has 31 heavy (non-hydrogen) atoms. The Balaban J connectivity index is 1.84. The van der Waals surface area contributed by atoms with E-state index in [4.69, 9.17) is 21.3 Å². The Hall–Kier alpha value is -2.58. The molecule has 2 aliphatic rings. The number of aliphatic hydroxyl groups excluding tert-OH is 1. The molecule has 9 heteroatoms. The highest BCUT2D eigenvalue weighted by Crippen LogP contribution is 2.36. The van der Waals surface area contributed by atoms with Gasteiger partial charge in [0.15, 0.2) is 11.5 Å². The molecule has 0 aliphatic carbocycles. The van der Waals surface area contributed by atoms with Gasteiger partial charge in [-0.1, -0.05) is 23.7 Å². The lowest BCUT2D eigenvalue weighted by atomic mass is 10.2. The zero-order chi connectivity index (χ0) is 22.1. The second-order valence-corrected chi connectivity index (χ2v) is 8.61. The fourth-order valence-corrected chi connectivity index (χ4v) is 4.30. The lowest BCUT2D eigenvalue weighted by Gasteiger charge is -2.25. The second-order valence-electron chi connectivity index (χ2n) is 8.17. The number of hydrogen-bond acceptors (Lipinski definition) is 6. The summed E-state index contributed by atoms with van der Waals surface area (Å²) in [6.07, 6.45) is 1.72. The first-order valence-electron chi connectivity index (χ1n) is 10.7. The fourth-order valence-electron chi connectivity index (χ4n) is 4.18. The Kier molecular flexibility index (Phi) is 6.20. The summed E-state index contributed by atoms with van der Waals surface area (Å²) in [5.41, 5.74) is 1.28. The Morgan fingerprint density at radius 3 is 2.68 bits per heavy atom. The second kappa shape index (κ2) is 8.88. The number of aromatic nitrogens is 2. The van der Waals surface area contributed by atoms with Crippen molar-refractivity contribution in [3.63, 3.8) is 0 Å². The maximum absolute atomic E-state index is 13.6. The number of carbonyl (C=O) groups is 2. The number of imidazole rings is 1. The van der Waals surface area contributed by atoms with Crippen LogP contribution in [0.15, 0.2) is 24.3 Å². The first-order chi connectivity index (χ1) is 14.9. The summed E-state index contributed by atoms with van der Waals surface area (Å²) >= 11 is 6.03. The van der Waals surface area contributed by atoms with Crippen LogP contribution < -0.4 is 9.64 Å². The van der Waals surface area contributed by atoms with Crippen LogP contribution in [0.5, 0.6) is 6.01 Å². The van der Waals surface area contributed by atoms with E-state index >= 15 is 0 Å². The third kappa shape index (κ3) is 4.14.